The van der Waals surface area contributed by atoms with Crippen molar-refractivity contribution in [2.75, 3.05) is 20.1 Å². The first kappa shape index (κ1) is 15.9. The maximum absolute atomic E-state index is 13.1. The largest absolute Gasteiger partial charge is 0.345 e. The van der Waals surface area contributed by atoms with E-state index in [-0.39, 0.29) is 12.3 Å². The minimum absolute atomic E-state index is 0.0724. The summed E-state index contributed by atoms with van der Waals surface area (Å²) >= 11 is 0. The lowest BCUT2D eigenvalue weighted by atomic mass is 10.0. The van der Waals surface area contributed by atoms with Crippen LogP contribution in [0.4, 0.5) is 8.78 Å². The van der Waals surface area contributed by atoms with E-state index in [1.807, 2.05) is 0 Å². The second kappa shape index (κ2) is 7.50. The normalized spacial score (nSPS) is 18.5. The summed E-state index contributed by atoms with van der Waals surface area (Å²) in [5.74, 6) is -1.87. The van der Waals surface area contributed by atoms with E-state index in [0.717, 1.165) is 31.5 Å². The van der Waals surface area contributed by atoms with Gasteiger partial charge in [0.1, 0.15) is 0 Å². The first-order valence-electron chi connectivity index (χ1n) is 7.47. The standard InChI is InChI=1S/C16H22F2N2O/c1-20(9-7-13-4-2-3-8-19-13)16(21)11-12-5-6-14(17)15(18)10-12/h5-6,10,13,19H,2-4,7-9,11H2,1H3. The average Bonchev–Trinajstić information content (AvgIpc) is 2.49. The predicted octanol–water partition coefficient (Wildman–Crippen LogP) is 2.50. The van der Waals surface area contributed by atoms with Crippen molar-refractivity contribution in [3.05, 3.63) is 35.4 Å². The van der Waals surface area contributed by atoms with Crippen LogP contribution in [0, 0.1) is 11.6 Å². The number of carbonyl (C=O) groups excluding carboxylic acids is 1. The molecule has 3 nitrogen and oxygen atoms in total. The Labute approximate surface area is 124 Å². The summed E-state index contributed by atoms with van der Waals surface area (Å²) in [5.41, 5.74) is 0.501. The number of nitrogens with zero attached hydrogens (tertiary/aromatic N) is 1. The fraction of sp³-hybridized carbons (Fsp3) is 0.562. The van der Waals surface area contributed by atoms with E-state index in [4.69, 9.17) is 0 Å². The molecule has 1 atom stereocenters. The Hall–Kier alpha value is -1.49. The molecule has 1 aromatic carbocycles. The Balaban J connectivity index is 1.80. The van der Waals surface area contributed by atoms with Crippen LogP contribution in [-0.4, -0.2) is 37.0 Å². The van der Waals surface area contributed by atoms with Gasteiger partial charge in [0.15, 0.2) is 11.6 Å². The number of hydrogen-bond donors (Lipinski definition) is 1. The maximum atomic E-state index is 13.1. The fourth-order valence-corrected chi connectivity index (χ4v) is 2.60. The molecule has 1 fully saturated rings. The molecule has 0 radical (unpaired) electrons. The SMILES string of the molecule is CN(CCC1CCCCN1)C(=O)Cc1ccc(F)c(F)c1. The highest BCUT2D eigenvalue weighted by atomic mass is 19.2. The van der Waals surface area contributed by atoms with Gasteiger partial charge < -0.3 is 10.2 Å². The van der Waals surface area contributed by atoms with Gasteiger partial charge in [0.25, 0.3) is 0 Å². The molecule has 0 aromatic heterocycles. The van der Waals surface area contributed by atoms with Gasteiger partial charge in [0.2, 0.25) is 5.91 Å². The third-order valence-electron chi connectivity index (χ3n) is 3.99. The quantitative estimate of drug-likeness (QED) is 0.905. The number of likely N-dealkylation sites (N-methyl/N-ethyl adjacent to an activating group) is 1. The van der Waals surface area contributed by atoms with Crippen LogP contribution < -0.4 is 5.32 Å². The van der Waals surface area contributed by atoms with Crippen LogP contribution in [0.1, 0.15) is 31.2 Å². The Kier molecular flexibility index (Phi) is 5.67. The lowest BCUT2D eigenvalue weighted by Gasteiger charge is -2.26. The van der Waals surface area contributed by atoms with Crippen molar-refractivity contribution in [1.82, 2.24) is 10.2 Å². The third kappa shape index (κ3) is 4.77. The molecule has 1 unspecified atom stereocenters. The molecular formula is C16H22F2N2O. The average molecular weight is 296 g/mol. The Morgan fingerprint density at radius 2 is 2.14 bits per heavy atom. The van der Waals surface area contributed by atoms with E-state index in [1.165, 1.54) is 18.9 Å². The minimum atomic E-state index is -0.908. The number of rotatable bonds is 5. The zero-order valence-electron chi connectivity index (χ0n) is 12.4. The zero-order chi connectivity index (χ0) is 15.2. The number of piperidine rings is 1. The first-order valence-corrected chi connectivity index (χ1v) is 7.47. The van der Waals surface area contributed by atoms with Crippen molar-refractivity contribution in [3.63, 3.8) is 0 Å². The summed E-state index contributed by atoms with van der Waals surface area (Å²) in [4.78, 5) is 13.7. The van der Waals surface area contributed by atoms with E-state index < -0.39 is 11.6 Å². The van der Waals surface area contributed by atoms with Gasteiger partial charge in [-0.2, -0.15) is 0 Å². The molecule has 0 saturated carbocycles. The van der Waals surface area contributed by atoms with Crippen LogP contribution in [0.5, 0.6) is 0 Å². The van der Waals surface area contributed by atoms with Gasteiger partial charge in [-0.15, -0.1) is 0 Å². The van der Waals surface area contributed by atoms with E-state index in [2.05, 4.69) is 5.32 Å². The lowest BCUT2D eigenvalue weighted by molar-refractivity contribution is -0.129. The molecule has 21 heavy (non-hydrogen) atoms. The highest BCUT2D eigenvalue weighted by molar-refractivity contribution is 5.78. The Bertz CT molecular complexity index is 487. The molecule has 0 bridgehead atoms. The van der Waals surface area contributed by atoms with E-state index in [1.54, 1.807) is 11.9 Å². The predicted molar refractivity (Wildman–Crippen MR) is 78.0 cm³/mol. The highest BCUT2D eigenvalue weighted by Gasteiger charge is 2.16. The summed E-state index contributed by atoms with van der Waals surface area (Å²) in [6.07, 6.45) is 4.66. The molecule has 1 saturated heterocycles. The zero-order valence-corrected chi connectivity index (χ0v) is 12.4. The number of carbonyl (C=O) groups is 1. The molecule has 116 valence electrons. The molecule has 0 aliphatic carbocycles. The second-order valence-electron chi connectivity index (χ2n) is 5.68. The van der Waals surface area contributed by atoms with Gasteiger partial charge >= 0.3 is 0 Å². The minimum Gasteiger partial charge on any atom is -0.345 e. The summed E-state index contributed by atoms with van der Waals surface area (Å²) < 4.78 is 26.0. The van der Waals surface area contributed by atoms with E-state index in [0.29, 0.717) is 18.2 Å². The van der Waals surface area contributed by atoms with Crippen LogP contribution in [-0.2, 0) is 11.2 Å². The third-order valence-corrected chi connectivity index (χ3v) is 3.99. The molecule has 0 spiro atoms. The van der Waals surface area contributed by atoms with Crippen LogP contribution in [0.3, 0.4) is 0 Å². The number of nitrogens with one attached hydrogen (secondary N) is 1. The molecular weight excluding hydrogens is 274 g/mol. The topological polar surface area (TPSA) is 32.3 Å². The molecule has 1 amide bonds. The summed E-state index contributed by atoms with van der Waals surface area (Å²) in [5, 5.41) is 3.45. The van der Waals surface area contributed by atoms with Crippen molar-refractivity contribution in [2.24, 2.45) is 0 Å². The molecule has 1 heterocycles. The molecule has 2 rings (SSSR count). The Morgan fingerprint density at radius 1 is 1.33 bits per heavy atom. The van der Waals surface area contributed by atoms with Crippen molar-refractivity contribution < 1.29 is 13.6 Å². The van der Waals surface area contributed by atoms with Crippen LogP contribution >= 0.6 is 0 Å². The van der Waals surface area contributed by atoms with Gasteiger partial charge in [-0.3, -0.25) is 4.79 Å². The fourth-order valence-electron chi connectivity index (χ4n) is 2.60. The second-order valence-corrected chi connectivity index (χ2v) is 5.68. The molecule has 1 aliphatic rings. The van der Waals surface area contributed by atoms with Gasteiger partial charge in [0.05, 0.1) is 6.42 Å². The highest BCUT2D eigenvalue weighted by Crippen LogP contribution is 2.12. The maximum Gasteiger partial charge on any atom is 0.226 e. The smallest absolute Gasteiger partial charge is 0.226 e. The lowest BCUT2D eigenvalue weighted by Crippen LogP contribution is -2.38. The first-order chi connectivity index (χ1) is 10.1. The molecule has 1 aromatic rings. The number of benzene rings is 1. The van der Waals surface area contributed by atoms with Crippen molar-refractivity contribution >= 4 is 5.91 Å². The molecule has 5 heteroatoms. The number of hydrogen-bond acceptors (Lipinski definition) is 2. The summed E-state index contributed by atoms with van der Waals surface area (Å²) in [6, 6.07) is 4.08. The van der Waals surface area contributed by atoms with Crippen molar-refractivity contribution in [3.8, 4) is 0 Å². The van der Waals surface area contributed by atoms with Crippen LogP contribution in [0.2, 0.25) is 0 Å². The summed E-state index contributed by atoms with van der Waals surface area (Å²) in [7, 11) is 1.76. The molecule has 1 N–H and O–H groups in total. The van der Waals surface area contributed by atoms with Gasteiger partial charge in [0, 0.05) is 19.6 Å². The van der Waals surface area contributed by atoms with Crippen molar-refractivity contribution in [2.45, 2.75) is 38.1 Å². The van der Waals surface area contributed by atoms with E-state index in [9.17, 15) is 13.6 Å². The molecule has 1 aliphatic heterocycles. The number of halogens is 2. The van der Waals surface area contributed by atoms with Crippen molar-refractivity contribution in [1.29, 1.82) is 0 Å². The van der Waals surface area contributed by atoms with Gasteiger partial charge in [-0.05, 0) is 43.5 Å². The van der Waals surface area contributed by atoms with Crippen LogP contribution in [0.15, 0.2) is 18.2 Å². The van der Waals surface area contributed by atoms with E-state index >= 15 is 0 Å². The van der Waals surface area contributed by atoms with Gasteiger partial charge in [-0.25, -0.2) is 8.78 Å². The van der Waals surface area contributed by atoms with Gasteiger partial charge in [-0.1, -0.05) is 12.5 Å². The van der Waals surface area contributed by atoms with Crippen LogP contribution in [0.25, 0.3) is 0 Å². The monoisotopic (exact) mass is 296 g/mol. The Morgan fingerprint density at radius 3 is 2.81 bits per heavy atom. The summed E-state index contributed by atoms with van der Waals surface area (Å²) in [6.45, 7) is 1.73. The number of amides is 1.